The van der Waals surface area contributed by atoms with Crippen LogP contribution in [0.5, 0.6) is 5.75 Å². The largest absolute Gasteiger partial charge is 0.508 e. The number of amides is 1. The molecule has 4 saturated carbocycles. The number of hydrogen-bond donors (Lipinski definition) is 6. The molecule has 4 fully saturated rings. The standard InChI is InChI=1S/C38H49NO8S/c1-20(28-9-10-29-35-30(19-33(43)38(28,29)3)37(2)13-12-23(40)15-22(37)16-32(35)42)8-11-34(44)39-31-18-24(41)17-27-26(31)14-21-6-4-5-7-25(21)36(27)48(45,46)47/h4-7,14,17-18,20,22-23,28-30,32-33,35,40-43H,8-13,15-16,19H2,1-3H3,(H,39,44)(H,45,46,47)/t20?,22?,23-,28-,29?,30?,32-,33+,35?,37+,38-/m1/s1. The van der Waals surface area contributed by atoms with E-state index in [0.29, 0.717) is 35.4 Å². The number of carbonyl (C=O) groups is 1. The Morgan fingerprint density at radius 1 is 0.958 bits per heavy atom. The van der Waals surface area contributed by atoms with Gasteiger partial charge in [0.25, 0.3) is 10.1 Å². The van der Waals surface area contributed by atoms with Gasteiger partial charge in [-0.25, -0.2) is 0 Å². The van der Waals surface area contributed by atoms with Crippen molar-refractivity contribution in [3.63, 3.8) is 0 Å². The van der Waals surface area contributed by atoms with Crippen LogP contribution in [-0.4, -0.2) is 57.6 Å². The second kappa shape index (κ2) is 11.9. The molecule has 0 radical (unpaired) electrons. The smallest absolute Gasteiger partial charge is 0.295 e. The minimum absolute atomic E-state index is 0.0116. The fourth-order valence-electron chi connectivity index (χ4n) is 11.4. The predicted octanol–water partition coefficient (Wildman–Crippen LogP) is 6.26. The van der Waals surface area contributed by atoms with Crippen molar-refractivity contribution < 1.29 is 38.2 Å². The summed E-state index contributed by atoms with van der Waals surface area (Å²) in [6.07, 6.45) is 5.20. The summed E-state index contributed by atoms with van der Waals surface area (Å²) >= 11 is 0. The number of phenolic OH excluding ortho intramolecular Hbond substituents is 1. The van der Waals surface area contributed by atoms with Crippen molar-refractivity contribution in [2.75, 3.05) is 5.32 Å². The number of hydrogen-bond acceptors (Lipinski definition) is 7. The number of carbonyl (C=O) groups excluding carboxylic acids is 1. The van der Waals surface area contributed by atoms with Gasteiger partial charge < -0.3 is 25.7 Å². The Morgan fingerprint density at radius 2 is 1.71 bits per heavy atom. The first-order valence-corrected chi connectivity index (χ1v) is 19.1. The maximum atomic E-state index is 13.4. The Balaban J connectivity index is 1.09. The Hall–Kier alpha value is -2.76. The lowest BCUT2D eigenvalue weighted by Gasteiger charge is -2.63. The molecule has 3 aromatic carbocycles. The highest BCUT2D eigenvalue weighted by Gasteiger charge is 2.65. The number of aliphatic hydroxyl groups is 3. The first-order valence-electron chi connectivity index (χ1n) is 17.6. The van der Waals surface area contributed by atoms with E-state index >= 15 is 0 Å². The van der Waals surface area contributed by atoms with E-state index in [9.17, 15) is 38.2 Å². The van der Waals surface area contributed by atoms with Gasteiger partial charge >= 0.3 is 0 Å². The second-order valence-electron chi connectivity index (χ2n) is 16.1. The summed E-state index contributed by atoms with van der Waals surface area (Å²) in [7, 11) is -4.66. The van der Waals surface area contributed by atoms with Crippen LogP contribution in [0.4, 0.5) is 5.69 Å². The van der Waals surface area contributed by atoms with Crippen LogP contribution in [0.15, 0.2) is 47.4 Å². The number of anilines is 1. The fraction of sp³-hybridized carbons (Fsp3) is 0.605. The molecule has 0 aromatic heterocycles. The SMILES string of the molecule is CC(CCC(=O)Nc1cc(O)cc2c(S(=O)(=O)O)c3ccccc3cc12)[C@H]1CCC2C3C(C[C@H](O)[C@@]21C)[C@@]1(C)CC[C@@H](O)CC1C[C@H]3O. The highest BCUT2D eigenvalue weighted by Crippen LogP contribution is 2.68. The highest BCUT2D eigenvalue weighted by atomic mass is 32.2. The minimum Gasteiger partial charge on any atom is -0.508 e. The quantitative estimate of drug-likeness (QED) is 0.131. The third kappa shape index (κ3) is 5.34. The molecule has 0 aliphatic heterocycles. The highest BCUT2D eigenvalue weighted by molar-refractivity contribution is 7.86. The first-order chi connectivity index (χ1) is 22.6. The minimum atomic E-state index is -4.66. The molecular weight excluding hydrogens is 630 g/mol. The van der Waals surface area contributed by atoms with E-state index in [1.165, 1.54) is 12.1 Å². The van der Waals surface area contributed by atoms with Gasteiger partial charge in [0.05, 0.1) is 24.0 Å². The van der Waals surface area contributed by atoms with Gasteiger partial charge in [-0.15, -0.1) is 0 Å². The molecule has 6 N–H and O–H groups in total. The van der Waals surface area contributed by atoms with Crippen LogP contribution >= 0.6 is 0 Å². The van der Waals surface area contributed by atoms with Crippen LogP contribution in [0.25, 0.3) is 21.5 Å². The van der Waals surface area contributed by atoms with Gasteiger partial charge in [-0.1, -0.05) is 45.0 Å². The number of nitrogens with one attached hydrogen (secondary N) is 1. The molecule has 4 aliphatic carbocycles. The molecule has 9 nitrogen and oxygen atoms in total. The van der Waals surface area contributed by atoms with E-state index in [1.54, 1.807) is 30.3 Å². The first kappa shape index (κ1) is 33.7. The monoisotopic (exact) mass is 679 g/mol. The van der Waals surface area contributed by atoms with Crippen LogP contribution in [0, 0.1) is 46.3 Å². The summed E-state index contributed by atoms with van der Waals surface area (Å²) in [5.41, 5.74) is -0.102. The van der Waals surface area contributed by atoms with E-state index in [-0.39, 0.29) is 86.5 Å². The molecular formula is C38H49NO8S. The number of aromatic hydroxyl groups is 1. The van der Waals surface area contributed by atoms with Crippen molar-refractivity contribution in [1.29, 1.82) is 0 Å². The Morgan fingerprint density at radius 3 is 2.46 bits per heavy atom. The molecule has 4 aliphatic rings. The van der Waals surface area contributed by atoms with E-state index in [2.05, 4.69) is 26.1 Å². The zero-order valence-electron chi connectivity index (χ0n) is 28.0. The molecule has 7 rings (SSSR count). The normalized spacial score (nSPS) is 37.1. The van der Waals surface area contributed by atoms with Gasteiger partial charge in [0.15, 0.2) is 0 Å². The summed E-state index contributed by atoms with van der Waals surface area (Å²) in [6.45, 7) is 6.68. The number of benzene rings is 3. The zero-order chi connectivity index (χ0) is 34.3. The summed E-state index contributed by atoms with van der Waals surface area (Å²) in [6, 6.07) is 11.2. The van der Waals surface area contributed by atoms with Crippen molar-refractivity contribution >= 4 is 43.3 Å². The third-order valence-corrected chi connectivity index (χ3v) is 14.7. The van der Waals surface area contributed by atoms with Crippen molar-refractivity contribution in [3.8, 4) is 5.75 Å². The molecule has 11 atom stereocenters. The van der Waals surface area contributed by atoms with E-state index < -0.39 is 22.3 Å². The maximum Gasteiger partial charge on any atom is 0.295 e. The van der Waals surface area contributed by atoms with Crippen molar-refractivity contribution in [2.45, 2.75) is 102 Å². The second-order valence-corrected chi connectivity index (χ2v) is 17.4. The van der Waals surface area contributed by atoms with Gasteiger partial charge in [0.2, 0.25) is 5.91 Å². The number of aliphatic hydroxyl groups excluding tert-OH is 3. The summed E-state index contributed by atoms with van der Waals surface area (Å²) in [4.78, 5) is 13.1. The van der Waals surface area contributed by atoms with E-state index in [4.69, 9.17) is 0 Å². The third-order valence-electron chi connectivity index (χ3n) is 13.8. The molecule has 10 heteroatoms. The van der Waals surface area contributed by atoms with Gasteiger partial charge in [-0.05, 0) is 115 Å². The molecule has 0 saturated heterocycles. The number of fused-ring (bicyclic) bond motifs is 7. The average molecular weight is 680 g/mol. The van der Waals surface area contributed by atoms with Crippen LogP contribution in [0.3, 0.4) is 0 Å². The molecule has 0 heterocycles. The lowest BCUT2D eigenvalue weighted by molar-refractivity contribution is -0.207. The topological polar surface area (TPSA) is 164 Å². The summed E-state index contributed by atoms with van der Waals surface area (Å²) < 4.78 is 35.1. The Bertz CT molecular complexity index is 1860. The van der Waals surface area contributed by atoms with Gasteiger partial charge in [0.1, 0.15) is 10.6 Å². The van der Waals surface area contributed by atoms with Crippen LogP contribution in [0.1, 0.15) is 78.6 Å². The van der Waals surface area contributed by atoms with Gasteiger partial charge in [-0.3, -0.25) is 9.35 Å². The molecule has 1 amide bonds. The Kier molecular flexibility index (Phi) is 8.39. The molecule has 0 bridgehead atoms. The fourth-order valence-corrected chi connectivity index (χ4v) is 12.3. The van der Waals surface area contributed by atoms with Crippen molar-refractivity contribution in [1.82, 2.24) is 0 Å². The zero-order valence-corrected chi connectivity index (χ0v) is 28.8. The van der Waals surface area contributed by atoms with Gasteiger partial charge in [-0.2, -0.15) is 8.42 Å². The lowest BCUT2D eigenvalue weighted by Crippen LogP contribution is -2.62. The summed E-state index contributed by atoms with van der Waals surface area (Å²) in [5.74, 6) is 0.601. The lowest BCUT2D eigenvalue weighted by atomic mass is 9.43. The molecule has 48 heavy (non-hydrogen) atoms. The van der Waals surface area contributed by atoms with Crippen molar-refractivity contribution in [2.24, 2.45) is 46.3 Å². The van der Waals surface area contributed by atoms with E-state index in [1.807, 2.05) is 0 Å². The average Bonchev–Trinajstić information content (AvgIpc) is 3.38. The van der Waals surface area contributed by atoms with E-state index in [0.717, 1.165) is 32.1 Å². The predicted molar refractivity (Wildman–Crippen MR) is 184 cm³/mol. The molecule has 260 valence electrons. The number of rotatable bonds is 6. The molecule has 0 spiro atoms. The summed E-state index contributed by atoms with van der Waals surface area (Å²) in [5, 5.41) is 48.7. The van der Waals surface area contributed by atoms with Crippen LogP contribution < -0.4 is 5.32 Å². The van der Waals surface area contributed by atoms with Crippen LogP contribution in [0.2, 0.25) is 0 Å². The number of phenols is 1. The molecule has 3 aromatic rings. The van der Waals surface area contributed by atoms with Crippen molar-refractivity contribution in [3.05, 3.63) is 42.5 Å². The maximum absolute atomic E-state index is 13.4. The van der Waals surface area contributed by atoms with Gasteiger partial charge in [0, 0.05) is 28.6 Å². The molecule has 5 unspecified atom stereocenters. The Labute approximate surface area is 282 Å². The van der Waals surface area contributed by atoms with Crippen LogP contribution in [-0.2, 0) is 14.9 Å².